The van der Waals surface area contributed by atoms with Crippen LogP contribution in [-0.2, 0) is 4.74 Å². The van der Waals surface area contributed by atoms with Gasteiger partial charge >= 0.3 is 5.97 Å². The number of hydrogen-bond acceptors (Lipinski definition) is 5. The number of rotatable bonds is 6. The summed E-state index contributed by atoms with van der Waals surface area (Å²) < 4.78 is 5.27. The summed E-state index contributed by atoms with van der Waals surface area (Å²) in [5, 5.41) is 22.8. The molecule has 7 nitrogen and oxygen atoms in total. The van der Waals surface area contributed by atoms with Crippen molar-refractivity contribution in [3.05, 3.63) is 33.9 Å². The minimum Gasteiger partial charge on any atom is -0.477 e. The summed E-state index contributed by atoms with van der Waals surface area (Å²) in [6, 6.07) is 4.05. The molecule has 1 fully saturated rings. The van der Waals surface area contributed by atoms with Crippen LogP contribution < -0.4 is 5.32 Å². The van der Waals surface area contributed by atoms with Crippen molar-refractivity contribution in [2.24, 2.45) is 5.92 Å². The number of carboxylic acids is 1. The number of anilines is 1. The van der Waals surface area contributed by atoms with Gasteiger partial charge in [-0.3, -0.25) is 10.1 Å². The molecule has 1 atom stereocenters. The monoisotopic (exact) mass is 280 g/mol. The minimum atomic E-state index is -1.30. The Morgan fingerprint density at radius 2 is 2.35 bits per heavy atom. The van der Waals surface area contributed by atoms with Crippen molar-refractivity contribution >= 4 is 17.3 Å². The Balaban J connectivity index is 1.99. The number of ether oxygens (including phenoxy) is 1. The summed E-state index contributed by atoms with van der Waals surface area (Å²) in [6.45, 7) is 2.24. The van der Waals surface area contributed by atoms with Crippen molar-refractivity contribution in [3.8, 4) is 0 Å². The van der Waals surface area contributed by atoms with E-state index in [1.54, 1.807) is 6.07 Å². The predicted molar refractivity (Wildman–Crippen MR) is 72.1 cm³/mol. The molecule has 0 aromatic heterocycles. The number of nitro groups is 1. The lowest BCUT2D eigenvalue weighted by Crippen LogP contribution is -2.10. The molecule has 2 N–H and O–H groups in total. The molecule has 1 unspecified atom stereocenters. The van der Waals surface area contributed by atoms with E-state index in [4.69, 9.17) is 9.84 Å². The third-order valence-corrected chi connectivity index (χ3v) is 3.33. The standard InChI is InChI=1S/C13H16N2O5/c16-13(17)11-2-1-10(7-12(11)15(18)19)14-5-3-9-4-6-20-8-9/h1-2,7,9,14H,3-6,8H2,(H,16,17). The van der Waals surface area contributed by atoms with Crippen LogP contribution in [0.1, 0.15) is 23.2 Å². The number of hydrogen-bond donors (Lipinski definition) is 2. The van der Waals surface area contributed by atoms with Crippen LogP contribution in [0.25, 0.3) is 0 Å². The van der Waals surface area contributed by atoms with Crippen LogP contribution in [0.15, 0.2) is 18.2 Å². The van der Waals surface area contributed by atoms with E-state index in [9.17, 15) is 14.9 Å². The quantitative estimate of drug-likeness (QED) is 0.611. The van der Waals surface area contributed by atoms with Gasteiger partial charge < -0.3 is 15.2 Å². The molecule has 0 bridgehead atoms. The first-order valence-electron chi connectivity index (χ1n) is 6.41. The smallest absolute Gasteiger partial charge is 0.342 e. The molecule has 108 valence electrons. The first kappa shape index (κ1) is 14.3. The van der Waals surface area contributed by atoms with Gasteiger partial charge in [0.15, 0.2) is 0 Å². The third kappa shape index (κ3) is 3.45. The van der Waals surface area contributed by atoms with Crippen LogP contribution in [0.3, 0.4) is 0 Å². The molecule has 0 saturated carbocycles. The van der Waals surface area contributed by atoms with E-state index in [1.165, 1.54) is 12.1 Å². The molecule has 1 aliphatic heterocycles. The van der Waals surface area contributed by atoms with Crippen LogP contribution in [0.4, 0.5) is 11.4 Å². The number of nitrogens with zero attached hydrogens (tertiary/aromatic N) is 1. The Morgan fingerprint density at radius 3 is 2.95 bits per heavy atom. The maximum absolute atomic E-state index is 10.9. The van der Waals surface area contributed by atoms with Gasteiger partial charge in [0.2, 0.25) is 0 Å². The number of nitro benzene ring substituents is 1. The van der Waals surface area contributed by atoms with Gasteiger partial charge in [-0.1, -0.05) is 0 Å². The number of aromatic carboxylic acids is 1. The fourth-order valence-corrected chi connectivity index (χ4v) is 2.21. The van der Waals surface area contributed by atoms with Gasteiger partial charge in [-0.15, -0.1) is 0 Å². The highest BCUT2D eigenvalue weighted by atomic mass is 16.6. The van der Waals surface area contributed by atoms with Gasteiger partial charge in [-0.25, -0.2) is 4.79 Å². The van der Waals surface area contributed by atoms with Crippen LogP contribution in [0.2, 0.25) is 0 Å². The second kappa shape index (κ2) is 6.33. The number of carboxylic acid groups (broad SMARTS) is 1. The van der Waals surface area contributed by atoms with Crippen molar-refractivity contribution < 1.29 is 19.6 Å². The zero-order chi connectivity index (χ0) is 14.5. The molecule has 7 heteroatoms. The van der Waals surface area contributed by atoms with E-state index in [2.05, 4.69) is 5.32 Å². The molecule has 1 saturated heterocycles. The van der Waals surface area contributed by atoms with Crippen molar-refractivity contribution in [2.45, 2.75) is 12.8 Å². The van der Waals surface area contributed by atoms with Crippen molar-refractivity contribution in [1.82, 2.24) is 0 Å². The zero-order valence-electron chi connectivity index (χ0n) is 10.9. The molecule has 1 aromatic carbocycles. The van der Waals surface area contributed by atoms with E-state index in [-0.39, 0.29) is 5.56 Å². The summed E-state index contributed by atoms with van der Waals surface area (Å²) in [5.74, 6) is -0.776. The zero-order valence-corrected chi connectivity index (χ0v) is 10.9. The lowest BCUT2D eigenvalue weighted by atomic mass is 10.1. The third-order valence-electron chi connectivity index (χ3n) is 3.33. The predicted octanol–water partition coefficient (Wildman–Crippen LogP) is 2.13. The Labute approximate surface area is 115 Å². The second-order valence-corrected chi connectivity index (χ2v) is 4.74. The normalized spacial score (nSPS) is 17.9. The van der Waals surface area contributed by atoms with Crippen LogP contribution >= 0.6 is 0 Å². The molecule has 2 rings (SSSR count). The maximum Gasteiger partial charge on any atom is 0.342 e. The molecular weight excluding hydrogens is 264 g/mol. The second-order valence-electron chi connectivity index (χ2n) is 4.74. The molecule has 1 aromatic rings. The van der Waals surface area contributed by atoms with E-state index in [0.717, 1.165) is 26.1 Å². The lowest BCUT2D eigenvalue weighted by molar-refractivity contribution is -0.385. The Kier molecular flexibility index (Phi) is 4.52. The molecule has 1 heterocycles. The summed E-state index contributed by atoms with van der Waals surface area (Å²) in [4.78, 5) is 21.1. The minimum absolute atomic E-state index is 0.301. The van der Waals surface area contributed by atoms with E-state index in [0.29, 0.717) is 18.2 Å². The highest BCUT2D eigenvalue weighted by Gasteiger charge is 2.20. The molecular formula is C13H16N2O5. The summed E-state index contributed by atoms with van der Waals surface area (Å²) in [6.07, 6.45) is 1.97. The van der Waals surface area contributed by atoms with E-state index in [1.807, 2.05) is 0 Å². The van der Waals surface area contributed by atoms with Crippen LogP contribution in [0, 0.1) is 16.0 Å². The first-order valence-corrected chi connectivity index (χ1v) is 6.41. The SMILES string of the molecule is O=C(O)c1ccc(NCCC2CCOC2)cc1[N+](=O)[O-]. The van der Waals surface area contributed by atoms with Gasteiger partial charge in [0.1, 0.15) is 5.56 Å². The maximum atomic E-state index is 10.9. The van der Waals surface area contributed by atoms with Gasteiger partial charge in [0.05, 0.1) is 4.92 Å². The summed E-state index contributed by atoms with van der Waals surface area (Å²) >= 11 is 0. The highest BCUT2D eigenvalue weighted by Crippen LogP contribution is 2.24. The topological polar surface area (TPSA) is 102 Å². The summed E-state index contributed by atoms with van der Waals surface area (Å²) in [5.41, 5.74) is -0.142. The van der Waals surface area contributed by atoms with Crippen molar-refractivity contribution in [1.29, 1.82) is 0 Å². The van der Waals surface area contributed by atoms with Gasteiger partial charge in [-0.2, -0.15) is 0 Å². The number of benzene rings is 1. The highest BCUT2D eigenvalue weighted by molar-refractivity contribution is 5.93. The van der Waals surface area contributed by atoms with Gasteiger partial charge in [0, 0.05) is 31.5 Å². The van der Waals surface area contributed by atoms with E-state index >= 15 is 0 Å². The fourth-order valence-electron chi connectivity index (χ4n) is 2.21. The van der Waals surface area contributed by atoms with Crippen LogP contribution in [-0.4, -0.2) is 35.8 Å². The van der Waals surface area contributed by atoms with Gasteiger partial charge in [-0.05, 0) is 30.9 Å². The number of carbonyl (C=O) groups is 1. The Bertz CT molecular complexity index is 511. The molecule has 0 radical (unpaired) electrons. The molecule has 1 aliphatic rings. The Hall–Kier alpha value is -2.15. The lowest BCUT2D eigenvalue weighted by Gasteiger charge is -2.10. The summed E-state index contributed by atoms with van der Waals surface area (Å²) in [7, 11) is 0. The largest absolute Gasteiger partial charge is 0.477 e. The molecule has 0 spiro atoms. The Morgan fingerprint density at radius 1 is 1.55 bits per heavy atom. The average molecular weight is 280 g/mol. The van der Waals surface area contributed by atoms with Crippen molar-refractivity contribution in [2.75, 3.05) is 25.1 Å². The number of nitrogens with one attached hydrogen (secondary N) is 1. The van der Waals surface area contributed by atoms with Gasteiger partial charge in [0.25, 0.3) is 5.69 Å². The molecule has 20 heavy (non-hydrogen) atoms. The molecule has 0 amide bonds. The van der Waals surface area contributed by atoms with E-state index < -0.39 is 16.6 Å². The first-order chi connectivity index (χ1) is 9.58. The molecule has 0 aliphatic carbocycles. The fraction of sp³-hybridized carbons (Fsp3) is 0.462. The average Bonchev–Trinajstić information content (AvgIpc) is 2.91. The van der Waals surface area contributed by atoms with Crippen LogP contribution in [0.5, 0.6) is 0 Å². The van der Waals surface area contributed by atoms with Crippen molar-refractivity contribution in [3.63, 3.8) is 0 Å².